The molecule has 0 radical (unpaired) electrons. The average molecular weight is 225 g/mol. The molecule has 0 spiro atoms. The summed E-state index contributed by atoms with van der Waals surface area (Å²) in [6.07, 6.45) is 1.41. The number of pyridine rings is 1. The van der Waals surface area contributed by atoms with Gasteiger partial charge in [-0.1, -0.05) is 6.92 Å². The lowest BCUT2D eigenvalue weighted by molar-refractivity contribution is 0.188. The van der Waals surface area contributed by atoms with Crippen molar-refractivity contribution in [3.05, 3.63) is 27.5 Å². The quantitative estimate of drug-likeness (QED) is 0.772. The van der Waals surface area contributed by atoms with E-state index in [4.69, 9.17) is 4.74 Å². The minimum Gasteiger partial charge on any atom is -0.494 e. The number of ether oxygens (including phenoxy) is 1. The number of aromatic hydroxyl groups is 1. The van der Waals surface area contributed by atoms with Crippen molar-refractivity contribution in [1.82, 2.24) is 4.57 Å². The van der Waals surface area contributed by atoms with Gasteiger partial charge in [-0.15, -0.1) is 0 Å². The minimum absolute atomic E-state index is 0.0378. The molecule has 0 aliphatic rings. The molecule has 90 valence electrons. The third kappa shape index (κ3) is 2.64. The standard InChI is InChI=1S/C12H19NO3/c1-4-10-9(2)8-11(14)13(12(10)15)6-5-7-16-3/h8,14H,4-7H2,1-3H3. The summed E-state index contributed by atoms with van der Waals surface area (Å²) in [6.45, 7) is 4.87. The lowest BCUT2D eigenvalue weighted by atomic mass is 10.1. The number of methoxy groups -OCH3 is 1. The first-order chi connectivity index (χ1) is 7.61. The minimum atomic E-state index is -0.0869. The fraction of sp³-hybridized carbons (Fsp3) is 0.583. The van der Waals surface area contributed by atoms with E-state index in [-0.39, 0.29) is 11.4 Å². The molecule has 1 heterocycles. The highest BCUT2D eigenvalue weighted by molar-refractivity contribution is 5.28. The van der Waals surface area contributed by atoms with Gasteiger partial charge in [0.05, 0.1) is 0 Å². The second kappa shape index (κ2) is 5.70. The molecule has 1 N–H and O–H groups in total. The third-order valence-corrected chi connectivity index (χ3v) is 2.69. The van der Waals surface area contributed by atoms with E-state index in [1.807, 2.05) is 13.8 Å². The largest absolute Gasteiger partial charge is 0.494 e. The summed E-state index contributed by atoms with van der Waals surface area (Å²) >= 11 is 0. The summed E-state index contributed by atoms with van der Waals surface area (Å²) < 4.78 is 6.33. The fourth-order valence-electron chi connectivity index (χ4n) is 1.81. The molecule has 0 atom stereocenters. The van der Waals surface area contributed by atoms with Crippen molar-refractivity contribution in [1.29, 1.82) is 0 Å². The van der Waals surface area contributed by atoms with E-state index in [1.54, 1.807) is 13.2 Å². The molecule has 16 heavy (non-hydrogen) atoms. The highest BCUT2D eigenvalue weighted by Gasteiger charge is 2.09. The van der Waals surface area contributed by atoms with Crippen molar-refractivity contribution in [3.63, 3.8) is 0 Å². The second-order valence-corrected chi connectivity index (χ2v) is 3.82. The SMILES string of the molecule is CCc1c(C)cc(O)n(CCCOC)c1=O. The summed E-state index contributed by atoms with van der Waals surface area (Å²) in [5.74, 6) is 0.0378. The zero-order valence-corrected chi connectivity index (χ0v) is 10.1. The molecule has 1 aromatic heterocycles. The maximum atomic E-state index is 12.0. The molecule has 0 unspecified atom stereocenters. The Hall–Kier alpha value is -1.29. The van der Waals surface area contributed by atoms with E-state index in [1.165, 1.54) is 4.57 Å². The molecule has 0 amide bonds. The van der Waals surface area contributed by atoms with Gasteiger partial charge in [-0.05, 0) is 25.3 Å². The molecule has 0 saturated carbocycles. The van der Waals surface area contributed by atoms with Crippen LogP contribution in [-0.4, -0.2) is 23.4 Å². The van der Waals surface area contributed by atoms with Gasteiger partial charge in [0, 0.05) is 31.9 Å². The first kappa shape index (κ1) is 12.8. The van der Waals surface area contributed by atoms with E-state index in [0.717, 1.165) is 17.5 Å². The first-order valence-electron chi connectivity index (χ1n) is 5.53. The number of nitrogens with zero attached hydrogens (tertiary/aromatic N) is 1. The molecule has 1 aromatic rings. The van der Waals surface area contributed by atoms with Crippen LogP contribution in [0.15, 0.2) is 10.9 Å². The Morgan fingerprint density at radius 3 is 2.75 bits per heavy atom. The number of hydrogen-bond acceptors (Lipinski definition) is 3. The zero-order chi connectivity index (χ0) is 12.1. The fourth-order valence-corrected chi connectivity index (χ4v) is 1.81. The Morgan fingerprint density at radius 2 is 2.19 bits per heavy atom. The van der Waals surface area contributed by atoms with Crippen LogP contribution < -0.4 is 5.56 Å². The van der Waals surface area contributed by atoms with Crippen LogP contribution in [0.5, 0.6) is 5.88 Å². The summed E-state index contributed by atoms with van der Waals surface area (Å²) in [7, 11) is 1.62. The van der Waals surface area contributed by atoms with Gasteiger partial charge in [-0.3, -0.25) is 9.36 Å². The predicted molar refractivity (Wildman–Crippen MR) is 63.0 cm³/mol. The predicted octanol–water partition coefficient (Wildman–Crippen LogP) is 1.46. The van der Waals surface area contributed by atoms with Crippen LogP contribution in [0.4, 0.5) is 0 Å². The van der Waals surface area contributed by atoms with Crippen molar-refractivity contribution in [3.8, 4) is 5.88 Å². The van der Waals surface area contributed by atoms with E-state index < -0.39 is 0 Å². The van der Waals surface area contributed by atoms with E-state index in [0.29, 0.717) is 19.6 Å². The van der Waals surface area contributed by atoms with E-state index in [9.17, 15) is 9.90 Å². The molecule has 0 aromatic carbocycles. The van der Waals surface area contributed by atoms with Crippen molar-refractivity contribution >= 4 is 0 Å². The summed E-state index contributed by atoms with van der Waals surface area (Å²) in [4.78, 5) is 12.0. The molecule has 0 aliphatic carbocycles. The molecule has 1 rings (SSSR count). The van der Waals surface area contributed by atoms with Gasteiger partial charge < -0.3 is 9.84 Å². The van der Waals surface area contributed by atoms with Gasteiger partial charge in [-0.2, -0.15) is 0 Å². The van der Waals surface area contributed by atoms with Crippen molar-refractivity contribution in [2.45, 2.75) is 33.2 Å². The Labute approximate surface area is 95.5 Å². The monoisotopic (exact) mass is 225 g/mol. The Kier molecular flexibility index (Phi) is 4.55. The van der Waals surface area contributed by atoms with Gasteiger partial charge in [0.1, 0.15) is 0 Å². The number of rotatable bonds is 5. The smallest absolute Gasteiger partial charge is 0.256 e. The molecular formula is C12H19NO3. The van der Waals surface area contributed by atoms with Crippen LogP contribution in [0.1, 0.15) is 24.5 Å². The molecule has 0 fully saturated rings. The summed E-state index contributed by atoms with van der Waals surface area (Å²) in [6, 6.07) is 1.65. The lowest BCUT2D eigenvalue weighted by Crippen LogP contribution is -2.25. The van der Waals surface area contributed by atoms with Crippen LogP contribution in [0.25, 0.3) is 0 Å². The van der Waals surface area contributed by atoms with Gasteiger partial charge >= 0.3 is 0 Å². The molecule has 0 aliphatic heterocycles. The average Bonchev–Trinajstić information content (AvgIpc) is 2.23. The zero-order valence-electron chi connectivity index (χ0n) is 10.1. The molecule has 4 nitrogen and oxygen atoms in total. The van der Waals surface area contributed by atoms with Crippen molar-refractivity contribution < 1.29 is 9.84 Å². The Morgan fingerprint density at radius 1 is 1.50 bits per heavy atom. The first-order valence-corrected chi connectivity index (χ1v) is 5.53. The maximum Gasteiger partial charge on any atom is 0.256 e. The van der Waals surface area contributed by atoms with Gasteiger partial charge in [0.2, 0.25) is 0 Å². The third-order valence-electron chi connectivity index (χ3n) is 2.69. The Bertz CT molecular complexity index is 409. The number of hydrogen-bond donors (Lipinski definition) is 1. The highest BCUT2D eigenvalue weighted by atomic mass is 16.5. The normalized spacial score (nSPS) is 10.7. The van der Waals surface area contributed by atoms with E-state index >= 15 is 0 Å². The van der Waals surface area contributed by atoms with Crippen LogP contribution in [0, 0.1) is 6.92 Å². The van der Waals surface area contributed by atoms with E-state index in [2.05, 4.69) is 0 Å². The molecule has 0 bridgehead atoms. The topological polar surface area (TPSA) is 51.5 Å². The van der Waals surface area contributed by atoms with Gasteiger partial charge in [0.15, 0.2) is 5.88 Å². The lowest BCUT2D eigenvalue weighted by Gasteiger charge is -2.11. The van der Waals surface area contributed by atoms with Crippen molar-refractivity contribution in [2.75, 3.05) is 13.7 Å². The second-order valence-electron chi connectivity index (χ2n) is 3.82. The molecule has 0 saturated heterocycles. The number of aryl methyl sites for hydroxylation is 1. The molecule has 4 heteroatoms. The maximum absolute atomic E-state index is 12.0. The van der Waals surface area contributed by atoms with Gasteiger partial charge in [-0.25, -0.2) is 0 Å². The van der Waals surface area contributed by atoms with Crippen LogP contribution in [-0.2, 0) is 17.7 Å². The summed E-state index contributed by atoms with van der Waals surface area (Å²) in [5.41, 5.74) is 1.54. The summed E-state index contributed by atoms with van der Waals surface area (Å²) in [5, 5.41) is 9.71. The number of aromatic nitrogens is 1. The van der Waals surface area contributed by atoms with Gasteiger partial charge in [0.25, 0.3) is 5.56 Å². The van der Waals surface area contributed by atoms with Crippen LogP contribution in [0.2, 0.25) is 0 Å². The highest BCUT2D eigenvalue weighted by Crippen LogP contribution is 2.13. The van der Waals surface area contributed by atoms with Crippen LogP contribution >= 0.6 is 0 Å². The van der Waals surface area contributed by atoms with Crippen LogP contribution in [0.3, 0.4) is 0 Å². The van der Waals surface area contributed by atoms with Crippen molar-refractivity contribution in [2.24, 2.45) is 0 Å². The molecular weight excluding hydrogens is 206 g/mol. The Balaban J connectivity index is 3.04.